The highest BCUT2D eigenvalue weighted by molar-refractivity contribution is 5.80. The number of rotatable bonds is 5. The molecule has 27 heavy (non-hydrogen) atoms. The Labute approximate surface area is 159 Å². The van der Waals surface area contributed by atoms with Crippen LogP contribution in [0.3, 0.4) is 0 Å². The van der Waals surface area contributed by atoms with E-state index in [1.807, 2.05) is 23.1 Å². The van der Waals surface area contributed by atoms with E-state index in [-0.39, 0.29) is 23.8 Å². The van der Waals surface area contributed by atoms with E-state index in [9.17, 15) is 9.59 Å². The average molecular weight is 364 g/mol. The normalized spacial score (nSPS) is 16.6. The first-order chi connectivity index (χ1) is 13.1. The van der Waals surface area contributed by atoms with Gasteiger partial charge in [0.2, 0.25) is 5.91 Å². The standard InChI is InChI=1S/C22H24N2O3/c1-23-20(25)14-27-18-7-4-5-16(11-18)12-21(26)24-13-17-6-2-3-8-19(17)22(15-24)9-10-22/h2-8,11H,9-10,12-15H2,1H3,(H,23,25). The van der Waals surface area contributed by atoms with Crippen LogP contribution in [-0.2, 0) is 28.0 Å². The van der Waals surface area contributed by atoms with Gasteiger partial charge in [-0.3, -0.25) is 9.59 Å². The Bertz CT molecular complexity index is 873. The van der Waals surface area contributed by atoms with Gasteiger partial charge in [0.05, 0.1) is 6.42 Å². The molecule has 0 atom stereocenters. The number of carbonyl (C=O) groups is 2. The van der Waals surface area contributed by atoms with Crippen molar-refractivity contribution in [2.24, 2.45) is 0 Å². The molecular weight excluding hydrogens is 340 g/mol. The monoisotopic (exact) mass is 364 g/mol. The molecule has 5 heteroatoms. The molecule has 0 unspecified atom stereocenters. The minimum atomic E-state index is -0.182. The van der Waals surface area contributed by atoms with Crippen LogP contribution in [0.2, 0.25) is 0 Å². The Morgan fingerprint density at radius 1 is 1.15 bits per heavy atom. The zero-order valence-electron chi connectivity index (χ0n) is 15.5. The van der Waals surface area contributed by atoms with E-state index in [0.29, 0.717) is 18.7 Å². The lowest BCUT2D eigenvalue weighted by Crippen LogP contribution is -2.42. The van der Waals surface area contributed by atoms with E-state index in [2.05, 4.69) is 29.6 Å². The second-order valence-corrected chi connectivity index (χ2v) is 7.47. The number of ether oxygens (including phenoxy) is 1. The predicted molar refractivity (Wildman–Crippen MR) is 102 cm³/mol. The van der Waals surface area contributed by atoms with E-state index in [4.69, 9.17) is 4.74 Å². The molecule has 2 aliphatic rings. The smallest absolute Gasteiger partial charge is 0.257 e. The number of benzene rings is 2. The Morgan fingerprint density at radius 3 is 2.74 bits per heavy atom. The maximum atomic E-state index is 12.9. The molecule has 1 aliphatic carbocycles. The van der Waals surface area contributed by atoms with Gasteiger partial charge in [-0.25, -0.2) is 0 Å². The summed E-state index contributed by atoms with van der Waals surface area (Å²) in [4.78, 5) is 26.3. The molecule has 4 rings (SSSR count). The summed E-state index contributed by atoms with van der Waals surface area (Å²) in [6.07, 6.45) is 2.67. The summed E-state index contributed by atoms with van der Waals surface area (Å²) in [6, 6.07) is 15.9. The van der Waals surface area contributed by atoms with E-state index in [0.717, 1.165) is 24.9 Å². The molecule has 5 nitrogen and oxygen atoms in total. The highest BCUT2D eigenvalue weighted by Gasteiger charge is 2.49. The molecule has 0 radical (unpaired) electrons. The minimum absolute atomic E-state index is 0.0284. The van der Waals surface area contributed by atoms with Crippen LogP contribution in [-0.4, -0.2) is 36.9 Å². The van der Waals surface area contributed by atoms with Crippen LogP contribution >= 0.6 is 0 Å². The van der Waals surface area contributed by atoms with Gasteiger partial charge in [-0.15, -0.1) is 0 Å². The summed E-state index contributed by atoms with van der Waals surface area (Å²) < 4.78 is 5.48. The van der Waals surface area contributed by atoms with Gasteiger partial charge in [0.25, 0.3) is 5.91 Å². The van der Waals surface area contributed by atoms with Crippen molar-refractivity contribution in [3.63, 3.8) is 0 Å². The quantitative estimate of drug-likeness (QED) is 0.886. The summed E-state index contributed by atoms with van der Waals surface area (Å²) in [7, 11) is 1.57. The van der Waals surface area contributed by atoms with Crippen molar-refractivity contribution in [2.45, 2.75) is 31.2 Å². The van der Waals surface area contributed by atoms with Gasteiger partial charge in [-0.05, 0) is 41.7 Å². The summed E-state index contributed by atoms with van der Waals surface area (Å²) in [5.74, 6) is 0.559. The van der Waals surface area contributed by atoms with E-state index < -0.39 is 0 Å². The van der Waals surface area contributed by atoms with Gasteiger partial charge < -0.3 is 15.0 Å². The third-order valence-corrected chi connectivity index (χ3v) is 5.55. The average Bonchev–Trinajstić information content (AvgIpc) is 3.46. The van der Waals surface area contributed by atoms with E-state index in [1.165, 1.54) is 11.1 Å². The number of hydrogen-bond acceptors (Lipinski definition) is 3. The highest BCUT2D eigenvalue weighted by atomic mass is 16.5. The summed E-state index contributed by atoms with van der Waals surface area (Å²) >= 11 is 0. The zero-order valence-corrected chi connectivity index (χ0v) is 15.5. The number of carbonyl (C=O) groups excluding carboxylic acids is 2. The lowest BCUT2D eigenvalue weighted by atomic mass is 9.87. The van der Waals surface area contributed by atoms with Gasteiger partial charge >= 0.3 is 0 Å². The van der Waals surface area contributed by atoms with Crippen LogP contribution in [0.1, 0.15) is 29.5 Å². The molecule has 2 aromatic rings. The SMILES string of the molecule is CNC(=O)COc1cccc(CC(=O)N2Cc3ccccc3C3(CC3)C2)c1. The van der Waals surface area contributed by atoms with Crippen molar-refractivity contribution >= 4 is 11.8 Å². The Balaban J connectivity index is 1.43. The van der Waals surface area contributed by atoms with Crippen molar-refractivity contribution < 1.29 is 14.3 Å². The molecule has 1 N–H and O–H groups in total. The minimum Gasteiger partial charge on any atom is -0.484 e. The molecule has 2 aromatic carbocycles. The molecule has 0 aromatic heterocycles. The Morgan fingerprint density at radius 2 is 1.96 bits per heavy atom. The maximum absolute atomic E-state index is 12.9. The third kappa shape index (κ3) is 3.68. The molecular formula is C22H24N2O3. The number of nitrogens with zero attached hydrogens (tertiary/aromatic N) is 1. The van der Waals surface area contributed by atoms with Crippen LogP contribution < -0.4 is 10.1 Å². The topological polar surface area (TPSA) is 58.6 Å². The Hall–Kier alpha value is -2.82. The molecule has 1 fully saturated rings. The largest absolute Gasteiger partial charge is 0.484 e. The Kier molecular flexibility index (Phi) is 4.60. The first-order valence-electron chi connectivity index (χ1n) is 9.38. The van der Waals surface area contributed by atoms with Crippen molar-refractivity contribution in [1.82, 2.24) is 10.2 Å². The van der Waals surface area contributed by atoms with Crippen molar-refractivity contribution in [1.29, 1.82) is 0 Å². The molecule has 1 heterocycles. The first kappa shape index (κ1) is 17.6. The summed E-state index contributed by atoms with van der Waals surface area (Å²) in [6.45, 7) is 1.47. The van der Waals surface area contributed by atoms with E-state index >= 15 is 0 Å². The molecule has 140 valence electrons. The lowest BCUT2D eigenvalue weighted by molar-refractivity contribution is -0.132. The van der Waals surface area contributed by atoms with Crippen LogP contribution in [0.15, 0.2) is 48.5 Å². The van der Waals surface area contributed by atoms with Crippen LogP contribution in [0.5, 0.6) is 5.75 Å². The number of hydrogen-bond donors (Lipinski definition) is 1. The fraction of sp³-hybridized carbons (Fsp3) is 0.364. The highest BCUT2D eigenvalue weighted by Crippen LogP contribution is 2.52. The lowest BCUT2D eigenvalue weighted by Gasteiger charge is -2.35. The van der Waals surface area contributed by atoms with Crippen LogP contribution in [0, 0.1) is 0 Å². The maximum Gasteiger partial charge on any atom is 0.257 e. The molecule has 0 saturated heterocycles. The van der Waals surface area contributed by atoms with E-state index in [1.54, 1.807) is 13.1 Å². The number of amides is 2. The second kappa shape index (κ2) is 7.06. The van der Waals surface area contributed by atoms with Crippen LogP contribution in [0.4, 0.5) is 0 Å². The summed E-state index contributed by atoms with van der Waals surface area (Å²) in [5, 5.41) is 2.52. The van der Waals surface area contributed by atoms with Gasteiger partial charge in [-0.1, -0.05) is 36.4 Å². The molecule has 0 bridgehead atoms. The van der Waals surface area contributed by atoms with Crippen molar-refractivity contribution in [3.05, 3.63) is 65.2 Å². The van der Waals surface area contributed by atoms with Crippen LogP contribution in [0.25, 0.3) is 0 Å². The third-order valence-electron chi connectivity index (χ3n) is 5.55. The van der Waals surface area contributed by atoms with Gasteiger partial charge in [0, 0.05) is 25.6 Å². The second-order valence-electron chi connectivity index (χ2n) is 7.47. The fourth-order valence-corrected chi connectivity index (χ4v) is 3.89. The number of fused-ring (bicyclic) bond motifs is 2. The van der Waals surface area contributed by atoms with Crippen molar-refractivity contribution in [2.75, 3.05) is 20.2 Å². The molecule has 1 spiro atoms. The predicted octanol–water partition coefficient (Wildman–Crippen LogP) is 2.43. The van der Waals surface area contributed by atoms with Gasteiger partial charge in [0.15, 0.2) is 6.61 Å². The molecule has 1 aliphatic heterocycles. The van der Waals surface area contributed by atoms with Gasteiger partial charge in [0.1, 0.15) is 5.75 Å². The number of likely N-dealkylation sites (N-methyl/N-ethyl adjacent to an activating group) is 1. The molecule has 2 amide bonds. The molecule has 1 saturated carbocycles. The first-order valence-corrected chi connectivity index (χ1v) is 9.38. The van der Waals surface area contributed by atoms with Crippen molar-refractivity contribution in [3.8, 4) is 5.75 Å². The number of nitrogens with one attached hydrogen (secondary N) is 1. The van der Waals surface area contributed by atoms with Gasteiger partial charge in [-0.2, -0.15) is 0 Å². The zero-order chi connectivity index (χ0) is 18.9. The summed E-state index contributed by atoms with van der Waals surface area (Å²) in [5.41, 5.74) is 3.79. The fourth-order valence-electron chi connectivity index (χ4n) is 3.89.